The lowest BCUT2D eigenvalue weighted by atomic mass is 10.1. The summed E-state index contributed by atoms with van der Waals surface area (Å²) in [5.41, 5.74) is 5.95. The molecule has 0 spiro atoms. The number of rotatable bonds is 3. The number of nitrogens with one attached hydrogen (secondary N) is 1. The van der Waals surface area contributed by atoms with Crippen LogP contribution in [0.5, 0.6) is 5.75 Å². The Morgan fingerprint density at radius 1 is 1.53 bits per heavy atom. The van der Waals surface area contributed by atoms with Crippen molar-refractivity contribution in [2.24, 2.45) is 5.73 Å². The molecule has 6 heteroatoms. The van der Waals surface area contributed by atoms with Gasteiger partial charge in [0.15, 0.2) is 0 Å². The maximum atomic E-state index is 11.5. The van der Waals surface area contributed by atoms with Gasteiger partial charge in [-0.1, -0.05) is 22.0 Å². The van der Waals surface area contributed by atoms with Crippen molar-refractivity contribution in [3.8, 4) is 5.75 Å². The summed E-state index contributed by atoms with van der Waals surface area (Å²) < 4.78 is 5.80. The molecular weight excluding hydrogens is 312 g/mol. The summed E-state index contributed by atoms with van der Waals surface area (Å²) in [7, 11) is 0. The van der Waals surface area contributed by atoms with Gasteiger partial charge in [-0.15, -0.1) is 0 Å². The van der Waals surface area contributed by atoms with Crippen molar-refractivity contribution in [1.29, 1.82) is 0 Å². The van der Waals surface area contributed by atoms with E-state index in [0.29, 0.717) is 10.0 Å². The van der Waals surface area contributed by atoms with Crippen LogP contribution in [0.1, 0.15) is 32.4 Å². The molecule has 0 radical (unpaired) electrons. The molecule has 1 atom stereocenters. The molecule has 106 valence electrons. The molecule has 4 N–H and O–H groups in total. The molecule has 0 aliphatic carbocycles. The number of hydrogen-bond acceptors (Lipinski definition) is 4. The number of alkyl carbamates (subject to hydrolysis) is 1. The SMILES string of the molecule is CC(C)(C)OC(=O)NCC(N)c1c(O)cccc1Br. The number of hydrogen-bond donors (Lipinski definition) is 3. The Bertz CT molecular complexity index is 437. The lowest BCUT2D eigenvalue weighted by molar-refractivity contribution is 0.0524. The number of ether oxygens (including phenoxy) is 1. The van der Waals surface area contributed by atoms with Gasteiger partial charge in [-0.25, -0.2) is 4.79 Å². The van der Waals surface area contributed by atoms with Gasteiger partial charge in [-0.05, 0) is 32.9 Å². The summed E-state index contributed by atoms with van der Waals surface area (Å²) in [6.07, 6.45) is -0.533. The van der Waals surface area contributed by atoms with Gasteiger partial charge in [0.1, 0.15) is 11.4 Å². The largest absolute Gasteiger partial charge is 0.508 e. The second kappa shape index (κ2) is 6.25. The normalized spacial score (nSPS) is 12.9. The van der Waals surface area contributed by atoms with E-state index in [1.165, 1.54) is 0 Å². The van der Waals surface area contributed by atoms with Crippen LogP contribution in [0.2, 0.25) is 0 Å². The van der Waals surface area contributed by atoms with Gasteiger partial charge in [0.25, 0.3) is 0 Å². The molecule has 1 unspecified atom stereocenters. The third-order valence-corrected chi connectivity index (χ3v) is 2.96. The van der Waals surface area contributed by atoms with Gasteiger partial charge in [-0.3, -0.25) is 0 Å². The first kappa shape index (κ1) is 15.8. The summed E-state index contributed by atoms with van der Waals surface area (Å²) in [5.74, 6) is 0.0906. The Labute approximate surface area is 121 Å². The zero-order chi connectivity index (χ0) is 14.6. The molecule has 0 heterocycles. The van der Waals surface area contributed by atoms with Crippen LogP contribution in [0.4, 0.5) is 4.79 Å². The minimum absolute atomic E-state index is 0.0906. The molecule has 1 aromatic carbocycles. The lowest BCUT2D eigenvalue weighted by Crippen LogP contribution is -2.36. The highest BCUT2D eigenvalue weighted by Gasteiger charge is 2.19. The van der Waals surface area contributed by atoms with Crippen molar-refractivity contribution < 1.29 is 14.6 Å². The van der Waals surface area contributed by atoms with E-state index in [4.69, 9.17) is 10.5 Å². The molecule has 0 saturated carbocycles. The summed E-state index contributed by atoms with van der Waals surface area (Å²) in [6, 6.07) is 4.51. The van der Waals surface area contributed by atoms with Crippen LogP contribution in [-0.2, 0) is 4.74 Å². The van der Waals surface area contributed by atoms with Crippen molar-refractivity contribution in [2.45, 2.75) is 32.4 Å². The van der Waals surface area contributed by atoms with Crippen LogP contribution in [-0.4, -0.2) is 23.3 Å². The van der Waals surface area contributed by atoms with Crippen LogP contribution in [0.25, 0.3) is 0 Å². The van der Waals surface area contributed by atoms with Crippen LogP contribution < -0.4 is 11.1 Å². The molecular formula is C13H19BrN2O3. The predicted molar refractivity (Wildman–Crippen MR) is 77.0 cm³/mol. The molecule has 0 bridgehead atoms. The standard InChI is InChI=1S/C13H19BrN2O3/c1-13(2,3)19-12(18)16-7-9(15)11-8(14)5-4-6-10(11)17/h4-6,9,17H,7,15H2,1-3H3,(H,16,18). The number of carbonyl (C=O) groups is 1. The van der Waals surface area contributed by atoms with E-state index >= 15 is 0 Å². The third kappa shape index (κ3) is 5.08. The number of phenolic OH excluding ortho intramolecular Hbond substituents is 1. The van der Waals surface area contributed by atoms with E-state index in [1.807, 2.05) is 0 Å². The smallest absolute Gasteiger partial charge is 0.407 e. The van der Waals surface area contributed by atoms with E-state index in [0.717, 1.165) is 0 Å². The second-order valence-electron chi connectivity index (χ2n) is 5.16. The average molecular weight is 331 g/mol. The highest BCUT2D eigenvalue weighted by molar-refractivity contribution is 9.10. The first-order valence-electron chi connectivity index (χ1n) is 5.90. The summed E-state index contributed by atoms with van der Waals surface area (Å²) in [4.78, 5) is 11.5. The van der Waals surface area contributed by atoms with E-state index < -0.39 is 17.7 Å². The number of phenols is 1. The van der Waals surface area contributed by atoms with Gasteiger partial charge in [0.05, 0.1) is 6.04 Å². The molecule has 19 heavy (non-hydrogen) atoms. The van der Waals surface area contributed by atoms with Gasteiger partial charge in [-0.2, -0.15) is 0 Å². The third-order valence-electron chi connectivity index (χ3n) is 2.27. The van der Waals surface area contributed by atoms with E-state index in [9.17, 15) is 9.90 Å². The zero-order valence-corrected chi connectivity index (χ0v) is 12.8. The van der Waals surface area contributed by atoms with Crippen molar-refractivity contribution >= 4 is 22.0 Å². The number of benzene rings is 1. The number of nitrogens with two attached hydrogens (primary N) is 1. The van der Waals surface area contributed by atoms with Crippen LogP contribution in [0.3, 0.4) is 0 Å². The molecule has 1 amide bonds. The minimum Gasteiger partial charge on any atom is -0.508 e. The fourth-order valence-corrected chi connectivity index (χ4v) is 2.15. The Kier molecular flexibility index (Phi) is 5.20. The van der Waals surface area contributed by atoms with Crippen molar-refractivity contribution in [3.63, 3.8) is 0 Å². The number of halogens is 1. The Balaban J connectivity index is 2.61. The first-order chi connectivity index (χ1) is 8.70. The summed E-state index contributed by atoms with van der Waals surface area (Å²) in [6.45, 7) is 5.52. The lowest BCUT2D eigenvalue weighted by Gasteiger charge is -2.21. The van der Waals surface area contributed by atoms with E-state index in [1.54, 1.807) is 39.0 Å². The zero-order valence-electron chi connectivity index (χ0n) is 11.2. The average Bonchev–Trinajstić information content (AvgIpc) is 2.23. The van der Waals surface area contributed by atoms with Crippen molar-refractivity contribution in [1.82, 2.24) is 5.32 Å². The Hall–Kier alpha value is -1.27. The highest BCUT2D eigenvalue weighted by Crippen LogP contribution is 2.30. The number of carbonyl (C=O) groups excluding carboxylic acids is 1. The van der Waals surface area contributed by atoms with E-state index in [-0.39, 0.29) is 12.3 Å². The van der Waals surface area contributed by atoms with Crippen LogP contribution >= 0.6 is 15.9 Å². The van der Waals surface area contributed by atoms with Gasteiger partial charge < -0.3 is 20.9 Å². The monoisotopic (exact) mass is 330 g/mol. The second-order valence-corrected chi connectivity index (χ2v) is 6.02. The molecule has 0 fully saturated rings. The van der Waals surface area contributed by atoms with Crippen molar-refractivity contribution in [3.05, 3.63) is 28.2 Å². The fraction of sp³-hybridized carbons (Fsp3) is 0.462. The highest BCUT2D eigenvalue weighted by atomic mass is 79.9. The van der Waals surface area contributed by atoms with Gasteiger partial charge >= 0.3 is 6.09 Å². The molecule has 0 aliphatic heterocycles. The molecule has 0 aliphatic rings. The first-order valence-corrected chi connectivity index (χ1v) is 6.70. The molecule has 1 aromatic rings. The van der Waals surface area contributed by atoms with E-state index in [2.05, 4.69) is 21.2 Å². The van der Waals surface area contributed by atoms with Gasteiger partial charge in [0.2, 0.25) is 0 Å². The summed E-state index contributed by atoms with van der Waals surface area (Å²) >= 11 is 3.32. The van der Waals surface area contributed by atoms with Crippen molar-refractivity contribution in [2.75, 3.05) is 6.54 Å². The van der Waals surface area contributed by atoms with Crippen LogP contribution in [0.15, 0.2) is 22.7 Å². The summed E-state index contributed by atoms with van der Waals surface area (Å²) in [5, 5.41) is 12.3. The number of aromatic hydroxyl groups is 1. The van der Waals surface area contributed by atoms with Crippen LogP contribution in [0, 0.1) is 0 Å². The molecule has 0 saturated heterocycles. The maximum absolute atomic E-state index is 11.5. The fourth-order valence-electron chi connectivity index (χ4n) is 1.50. The molecule has 5 nitrogen and oxygen atoms in total. The predicted octanol–water partition coefficient (Wildman–Crippen LogP) is 2.68. The minimum atomic E-state index is -0.552. The molecule has 1 rings (SSSR count). The van der Waals surface area contributed by atoms with Gasteiger partial charge in [0, 0.05) is 16.6 Å². The Morgan fingerprint density at radius 2 is 2.16 bits per heavy atom. The number of amides is 1. The topological polar surface area (TPSA) is 84.6 Å². The molecule has 0 aromatic heterocycles. The quantitative estimate of drug-likeness (QED) is 0.795. The maximum Gasteiger partial charge on any atom is 0.407 e. The Morgan fingerprint density at radius 3 is 2.68 bits per heavy atom.